The van der Waals surface area contributed by atoms with Gasteiger partial charge in [0, 0.05) is 19.8 Å². The summed E-state index contributed by atoms with van der Waals surface area (Å²) in [5.41, 5.74) is 1.29. The fourth-order valence-corrected chi connectivity index (χ4v) is 3.17. The predicted molar refractivity (Wildman–Crippen MR) is 77.0 cm³/mol. The number of benzene rings is 1. The maximum atomic E-state index is 14.0. The summed E-state index contributed by atoms with van der Waals surface area (Å²) in [6, 6.07) is 5.05. The molecular formula is C13H11BrClFOS. The molecule has 0 aliphatic rings. The third-order valence-electron chi connectivity index (χ3n) is 2.81. The van der Waals surface area contributed by atoms with Crippen LogP contribution < -0.4 is 0 Å². The van der Waals surface area contributed by atoms with Crippen molar-refractivity contribution >= 4 is 38.9 Å². The Balaban J connectivity index is 2.46. The highest BCUT2D eigenvalue weighted by molar-refractivity contribution is 9.10. The molecule has 1 aromatic carbocycles. The molecule has 1 atom stereocenters. The van der Waals surface area contributed by atoms with Crippen LogP contribution >= 0.6 is 38.9 Å². The molecule has 0 aliphatic heterocycles. The highest BCUT2D eigenvalue weighted by atomic mass is 79.9. The van der Waals surface area contributed by atoms with Crippen molar-refractivity contribution in [2.75, 3.05) is 0 Å². The number of aliphatic hydroxyl groups excluding tert-OH is 1. The monoisotopic (exact) mass is 348 g/mol. The van der Waals surface area contributed by atoms with Crippen molar-refractivity contribution < 1.29 is 9.50 Å². The molecule has 0 spiro atoms. The smallest absolute Gasteiger partial charge is 0.149 e. The lowest BCUT2D eigenvalue weighted by molar-refractivity contribution is 0.218. The van der Waals surface area contributed by atoms with Gasteiger partial charge in [0.2, 0.25) is 0 Å². The summed E-state index contributed by atoms with van der Waals surface area (Å²) in [4.78, 5) is 1.84. The number of thiophene rings is 1. The first-order valence-corrected chi connectivity index (χ1v) is 7.29. The summed E-state index contributed by atoms with van der Waals surface area (Å²) in [5, 5.41) is 10.2. The van der Waals surface area contributed by atoms with Crippen molar-refractivity contribution in [1.29, 1.82) is 0 Å². The summed E-state index contributed by atoms with van der Waals surface area (Å²) < 4.78 is 14.5. The lowest BCUT2D eigenvalue weighted by Gasteiger charge is -2.11. The number of aryl methyl sites for hydroxylation is 2. The zero-order valence-electron chi connectivity index (χ0n) is 9.80. The summed E-state index contributed by atoms with van der Waals surface area (Å²) in [7, 11) is 0. The summed E-state index contributed by atoms with van der Waals surface area (Å²) in [6.07, 6.45) is -0.979. The maximum absolute atomic E-state index is 14.0. The van der Waals surface area contributed by atoms with Crippen LogP contribution in [0.2, 0.25) is 5.02 Å². The van der Waals surface area contributed by atoms with E-state index in [-0.39, 0.29) is 10.6 Å². The molecule has 1 heterocycles. The van der Waals surface area contributed by atoms with Crippen molar-refractivity contribution in [2.24, 2.45) is 0 Å². The van der Waals surface area contributed by atoms with Gasteiger partial charge in [-0.2, -0.15) is 0 Å². The van der Waals surface area contributed by atoms with Crippen molar-refractivity contribution in [2.45, 2.75) is 20.0 Å². The largest absolute Gasteiger partial charge is 0.383 e. The Morgan fingerprint density at radius 3 is 2.61 bits per heavy atom. The average molecular weight is 350 g/mol. The average Bonchev–Trinajstić information content (AvgIpc) is 2.66. The van der Waals surface area contributed by atoms with Gasteiger partial charge in [-0.05, 0) is 47.5 Å². The van der Waals surface area contributed by atoms with Crippen LogP contribution in [0.25, 0.3) is 0 Å². The molecule has 96 valence electrons. The minimum atomic E-state index is -0.979. The zero-order valence-corrected chi connectivity index (χ0v) is 13.0. The highest BCUT2D eigenvalue weighted by Crippen LogP contribution is 2.35. The van der Waals surface area contributed by atoms with E-state index in [1.807, 2.05) is 19.9 Å². The van der Waals surface area contributed by atoms with Gasteiger partial charge in [-0.25, -0.2) is 4.39 Å². The van der Waals surface area contributed by atoms with E-state index in [0.29, 0.717) is 4.47 Å². The summed E-state index contributed by atoms with van der Waals surface area (Å²) >= 11 is 10.4. The second-order valence-corrected chi connectivity index (χ2v) is 6.58. The van der Waals surface area contributed by atoms with Gasteiger partial charge in [0.25, 0.3) is 0 Å². The second-order valence-electron chi connectivity index (χ2n) is 4.06. The number of rotatable bonds is 2. The van der Waals surface area contributed by atoms with E-state index in [0.717, 1.165) is 15.3 Å². The van der Waals surface area contributed by atoms with Gasteiger partial charge < -0.3 is 5.11 Å². The molecule has 1 N–H and O–H groups in total. The molecule has 1 aromatic heterocycles. The van der Waals surface area contributed by atoms with Crippen LogP contribution in [0.4, 0.5) is 4.39 Å². The molecule has 5 heteroatoms. The summed E-state index contributed by atoms with van der Waals surface area (Å²) in [6.45, 7) is 3.94. The van der Waals surface area contributed by atoms with E-state index in [2.05, 4.69) is 15.9 Å². The van der Waals surface area contributed by atoms with Crippen LogP contribution in [0, 0.1) is 19.7 Å². The van der Waals surface area contributed by atoms with Crippen LogP contribution in [0.1, 0.15) is 27.0 Å². The van der Waals surface area contributed by atoms with Crippen LogP contribution in [-0.4, -0.2) is 5.11 Å². The van der Waals surface area contributed by atoms with E-state index < -0.39 is 11.9 Å². The molecule has 2 rings (SSSR count). The SMILES string of the molecule is Cc1cc(C(O)c2ccc(Br)c(Cl)c2F)sc1C. The molecule has 1 nitrogen and oxygen atoms in total. The first-order valence-electron chi connectivity index (χ1n) is 5.30. The Kier molecular flexibility index (Phi) is 4.11. The van der Waals surface area contributed by atoms with Crippen LogP contribution in [0.5, 0.6) is 0 Å². The Bertz CT molecular complexity index is 577. The topological polar surface area (TPSA) is 20.2 Å². The molecule has 0 radical (unpaired) electrons. The van der Waals surface area contributed by atoms with E-state index >= 15 is 0 Å². The van der Waals surface area contributed by atoms with Gasteiger partial charge in [-0.15, -0.1) is 11.3 Å². The lowest BCUT2D eigenvalue weighted by atomic mass is 10.1. The zero-order chi connectivity index (χ0) is 13.4. The number of hydrogen-bond acceptors (Lipinski definition) is 2. The molecule has 1 unspecified atom stereocenters. The number of hydrogen-bond donors (Lipinski definition) is 1. The fraction of sp³-hybridized carbons (Fsp3) is 0.231. The van der Waals surface area contributed by atoms with Crippen molar-refractivity contribution in [3.63, 3.8) is 0 Å². The minimum absolute atomic E-state index is 0.00319. The number of aliphatic hydroxyl groups is 1. The van der Waals surface area contributed by atoms with Gasteiger partial charge >= 0.3 is 0 Å². The predicted octanol–water partition coefficient (Wildman–Crippen LogP) is 5.00. The normalized spacial score (nSPS) is 12.8. The van der Waals surface area contributed by atoms with Gasteiger partial charge in [0.1, 0.15) is 11.9 Å². The molecule has 0 aliphatic carbocycles. The lowest BCUT2D eigenvalue weighted by Crippen LogP contribution is -2.01. The van der Waals surface area contributed by atoms with E-state index in [1.165, 1.54) is 11.3 Å². The van der Waals surface area contributed by atoms with Crippen molar-refractivity contribution in [3.8, 4) is 0 Å². The fourth-order valence-electron chi connectivity index (χ4n) is 1.64. The molecular weight excluding hydrogens is 339 g/mol. The second kappa shape index (κ2) is 5.29. The molecule has 2 aromatic rings. The third-order valence-corrected chi connectivity index (χ3v) is 5.28. The van der Waals surface area contributed by atoms with Crippen molar-refractivity contribution in [1.82, 2.24) is 0 Å². The van der Waals surface area contributed by atoms with Crippen molar-refractivity contribution in [3.05, 3.63) is 54.4 Å². The van der Waals surface area contributed by atoms with E-state index in [1.54, 1.807) is 12.1 Å². The van der Waals surface area contributed by atoms with Gasteiger partial charge in [-0.3, -0.25) is 0 Å². The Morgan fingerprint density at radius 2 is 2.06 bits per heavy atom. The quantitative estimate of drug-likeness (QED) is 0.756. The first kappa shape index (κ1) is 14.0. The van der Waals surface area contributed by atoms with Gasteiger partial charge in [0.05, 0.1) is 5.02 Å². The summed E-state index contributed by atoms with van der Waals surface area (Å²) in [5.74, 6) is -0.581. The minimum Gasteiger partial charge on any atom is -0.383 e. The Morgan fingerprint density at radius 1 is 1.39 bits per heavy atom. The van der Waals surface area contributed by atoms with Gasteiger partial charge in [-0.1, -0.05) is 17.7 Å². The third kappa shape index (κ3) is 2.48. The Hall–Kier alpha value is -0.420. The molecule has 0 fully saturated rings. The van der Waals surface area contributed by atoms with E-state index in [4.69, 9.17) is 11.6 Å². The van der Waals surface area contributed by atoms with Crippen LogP contribution in [0.3, 0.4) is 0 Å². The first-order chi connectivity index (χ1) is 8.41. The highest BCUT2D eigenvalue weighted by Gasteiger charge is 2.20. The molecule has 0 amide bonds. The maximum Gasteiger partial charge on any atom is 0.149 e. The standard InChI is InChI=1S/C13H11BrClFOS/c1-6-5-10(18-7(6)2)13(17)8-3-4-9(14)11(15)12(8)16/h3-5,13,17H,1-2H3. The van der Waals surface area contributed by atoms with Crippen LogP contribution in [0.15, 0.2) is 22.7 Å². The van der Waals surface area contributed by atoms with E-state index in [9.17, 15) is 9.50 Å². The molecule has 18 heavy (non-hydrogen) atoms. The molecule has 0 bridgehead atoms. The number of halogens is 3. The van der Waals surface area contributed by atoms with Gasteiger partial charge in [0.15, 0.2) is 0 Å². The van der Waals surface area contributed by atoms with Crippen LogP contribution in [-0.2, 0) is 0 Å². The molecule has 0 saturated heterocycles. The Labute approximate surface area is 122 Å². The molecule has 0 saturated carbocycles.